The van der Waals surface area contributed by atoms with E-state index >= 15 is 0 Å². The Kier molecular flexibility index (Phi) is 17.7. The van der Waals surface area contributed by atoms with Crippen molar-refractivity contribution < 1.29 is 63.8 Å². The van der Waals surface area contributed by atoms with E-state index in [1.807, 2.05) is 0 Å². The number of halogens is 1. The minimum absolute atomic E-state index is 0.120. The van der Waals surface area contributed by atoms with Crippen molar-refractivity contribution in [1.82, 2.24) is 19.6 Å². The predicted molar refractivity (Wildman–Crippen MR) is 168 cm³/mol. The summed E-state index contributed by atoms with van der Waals surface area (Å²) in [5.74, 6) is -7.60. The van der Waals surface area contributed by atoms with Crippen molar-refractivity contribution in [2.45, 2.75) is 94.8 Å². The van der Waals surface area contributed by atoms with Crippen molar-refractivity contribution >= 4 is 35.8 Å². The minimum atomic E-state index is -1.22. The lowest BCUT2D eigenvalue weighted by molar-refractivity contribution is -0.146. The number of nitrogens with zero attached hydrogens (tertiary/aromatic N) is 4. The average Bonchev–Trinajstić information content (AvgIpc) is 2.98. The highest BCUT2D eigenvalue weighted by molar-refractivity contribution is 5.73. The van der Waals surface area contributed by atoms with Crippen LogP contribution in [0.15, 0.2) is 0 Å². The summed E-state index contributed by atoms with van der Waals surface area (Å²) in [6, 6.07) is -2.19. The Morgan fingerprint density at radius 3 is 1.02 bits per heavy atom. The van der Waals surface area contributed by atoms with Gasteiger partial charge in [0, 0.05) is 37.3 Å². The van der Waals surface area contributed by atoms with Crippen LogP contribution in [0.25, 0.3) is 0 Å². The largest absolute Gasteiger partial charge is 0.480 e. The highest BCUT2D eigenvalue weighted by Crippen LogP contribution is 2.31. The first kappa shape index (κ1) is 40.8. The molecule has 0 bridgehead atoms. The van der Waals surface area contributed by atoms with E-state index in [-0.39, 0.29) is 19.5 Å². The second kappa shape index (κ2) is 20.8. The van der Waals surface area contributed by atoms with E-state index in [0.717, 1.165) is 0 Å². The van der Waals surface area contributed by atoms with Crippen molar-refractivity contribution in [2.24, 2.45) is 5.92 Å². The van der Waals surface area contributed by atoms with Gasteiger partial charge in [0.15, 0.2) is 0 Å². The zero-order valence-corrected chi connectivity index (χ0v) is 27.3. The van der Waals surface area contributed by atoms with Gasteiger partial charge in [0.1, 0.15) is 0 Å². The van der Waals surface area contributed by atoms with Crippen molar-refractivity contribution in [3.05, 3.63) is 0 Å². The zero-order valence-electron chi connectivity index (χ0n) is 27.3. The molecular formula is C31H51FN4O12. The molecule has 1 unspecified atom stereocenters. The maximum atomic E-state index is 13.2. The van der Waals surface area contributed by atoms with Gasteiger partial charge in [-0.05, 0) is 44.4 Å². The van der Waals surface area contributed by atoms with Crippen molar-refractivity contribution in [3.63, 3.8) is 0 Å². The van der Waals surface area contributed by atoms with Gasteiger partial charge in [-0.25, -0.2) is 0 Å². The fraction of sp³-hybridized carbons (Fsp3) is 0.806. The third-order valence-corrected chi connectivity index (χ3v) is 9.28. The Morgan fingerprint density at radius 2 is 0.750 bits per heavy atom. The van der Waals surface area contributed by atoms with Crippen LogP contribution < -0.4 is 0 Å². The summed E-state index contributed by atoms with van der Waals surface area (Å²) in [6.45, 7) is -3.42. The van der Waals surface area contributed by atoms with E-state index < -0.39 is 112 Å². The molecular weight excluding hydrogens is 639 g/mol. The smallest absolute Gasteiger partial charge is 0.317 e. The van der Waals surface area contributed by atoms with Crippen molar-refractivity contribution in [1.29, 1.82) is 0 Å². The highest BCUT2D eigenvalue weighted by atomic mass is 19.1. The molecule has 0 heterocycles. The molecule has 274 valence electrons. The number of carboxylic acids is 6. The van der Waals surface area contributed by atoms with E-state index in [1.54, 1.807) is 9.80 Å². The number of alkyl halides is 1. The number of aliphatic carboxylic acids is 6. The highest BCUT2D eigenvalue weighted by Gasteiger charge is 2.40. The molecule has 17 heteroatoms. The fourth-order valence-electron chi connectivity index (χ4n) is 7.58. The molecule has 0 aromatic rings. The van der Waals surface area contributed by atoms with Gasteiger partial charge in [0.25, 0.3) is 0 Å². The van der Waals surface area contributed by atoms with Crippen LogP contribution in [0.3, 0.4) is 0 Å². The van der Waals surface area contributed by atoms with Crippen LogP contribution in [0.4, 0.5) is 4.39 Å². The van der Waals surface area contributed by atoms with Gasteiger partial charge in [-0.15, -0.1) is 0 Å². The molecule has 0 aromatic carbocycles. The molecule has 0 radical (unpaired) electrons. The molecule has 0 saturated heterocycles. The summed E-state index contributed by atoms with van der Waals surface area (Å²) in [7, 11) is 0. The maximum Gasteiger partial charge on any atom is 0.317 e. The Morgan fingerprint density at radius 1 is 0.479 bits per heavy atom. The molecule has 0 aliphatic heterocycles. The van der Waals surface area contributed by atoms with Gasteiger partial charge < -0.3 is 30.6 Å². The molecule has 2 rings (SSSR count). The third kappa shape index (κ3) is 14.4. The van der Waals surface area contributed by atoms with Crippen LogP contribution in [-0.4, -0.2) is 169 Å². The second-order valence-electron chi connectivity index (χ2n) is 12.9. The maximum absolute atomic E-state index is 13.2. The summed E-state index contributed by atoms with van der Waals surface area (Å²) in [5.41, 5.74) is 0. The van der Waals surface area contributed by atoms with Gasteiger partial charge in [-0.2, -0.15) is 0 Å². The summed E-state index contributed by atoms with van der Waals surface area (Å²) >= 11 is 0. The van der Waals surface area contributed by atoms with Crippen LogP contribution in [0, 0.1) is 5.92 Å². The molecule has 2 aliphatic carbocycles. The fourth-order valence-corrected chi connectivity index (χ4v) is 7.58. The van der Waals surface area contributed by atoms with Crippen LogP contribution in [-0.2, 0) is 28.8 Å². The van der Waals surface area contributed by atoms with E-state index in [4.69, 9.17) is 0 Å². The first-order valence-corrected chi connectivity index (χ1v) is 16.5. The lowest BCUT2D eigenvalue weighted by Crippen LogP contribution is -2.59. The average molecular weight is 691 g/mol. The lowest BCUT2D eigenvalue weighted by atomic mass is 9.85. The quantitative estimate of drug-likeness (QED) is 0.0777. The molecule has 0 aromatic heterocycles. The van der Waals surface area contributed by atoms with Gasteiger partial charge >= 0.3 is 35.8 Å². The molecule has 0 amide bonds. The second-order valence-corrected chi connectivity index (χ2v) is 12.9. The first-order chi connectivity index (χ1) is 22.7. The lowest BCUT2D eigenvalue weighted by Gasteiger charge is -2.47. The van der Waals surface area contributed by atoms with Crippen molar-refractivity contribution in [2.75, 3.05) is 59.0 Å². The van der Waals surface area contributed by atoms with E-state index in [0.29, 0.717) is 64.2 Å². The zero-order chi connectivity index (χ0) is 35.8. The molecule has 5 atom stereocenters. The number of rotatable bonds is 24. The normalized spacial score (nSPS) is 22.2. The monoisotopic (exact) mass is 690 g/mol. The molecule has 6 N–H and O–H groups in total. The molecule has 2 aliphatic rings. The van der Waals surface area contributed by atoms with Gasteiger partial charge in [-0.1, -0.05) is 32.1 Å². The number of carboxylic acid groups (broad SMARTS) is 6. The SMILES string of the molecule is O=C(O)CN(CC(=O)O)[C@@H]1CCCC[C@H]1N(CC(=O)O)CC(CCCCF)CN(CC(=O)O)[C@H]1CCCC[C@@H]1N(CC(=O)O)CC(=O)O. The van der Waals surface area contributed by atoms with Crippen LogP contribution >= 0.6 is 0 Å². The number of unbranched alkanes of at least 4 members (excludes halogenated alkanes) is 1. The van der Waals surface area contributed by atoms with Gasteiger partial charge in [0.2, 0.25) is 0 Å². The summed E-state index contributed by atoms with van der Waals surface area (Å²) < 4.78 is 13.2. The molecule has 0 spiro atoms. The standard InChI is InChI=1S/C31H51FN4O12/c32-12-6-5-7-21(13-33(15-26(37)38)22-8-1-3-10-24(22)35(17-28(41)42)18-29(43)44)14-34(16-27(39)40)23-9-2-4-11-25(23)36(19-30(45)46)20-31(47)48/h21-25H,1-20H2,(H,37,38)(H,39,40)(H,41,42)(H,43,44)(H,45,46)(H,47,48)/t21?,22-,23+,24-,25+. The van der Waals surface area contributed by atoms with Crippen LogP contribution in [0.2, 0.25) is 0 Å². The Bertz CT molecular complexity index is 988. The Hall–Kier alpha value is -3.41. The van der Waals surface area contributed by atoms with E-state index in [9.17, 15) is 63.8 Å². The molecule has 48 heavy (non-hydrogen) atoms. The van der Waals surface area contributed by atoms with E-state index in [1.165, 1.54) is 9.80 Å². The van der Waals surface area contributed by atoms with Gasteiger partial charge in [-0.3, -0.25) is 52.8 Å². The minimum Gasteiger partial charge on any atom is -0.480 e. The van der Waals surface area contributed by atoms with Crippen molar-refractivity contribution in [3.8, 4) is 0 Å². The number of hydrogen-bond donors (Lipinski definition) is 6. The van der Waals surface area contributed by atoms with Gasteiger partial charge in [0.05, 0.1) is 45.9 Å². The Labute approximate surface area is 279 Å². The first-order valence-electron chi connectivity index (χ1n) is 16.5. The number of carbonyl (C=O) groups is 6. The van der Waals surface area contributed by atoms with E-state index in [2.05, 4.69) is 0 Å². The summed E-state index contributed by atoms with van der Waals surface area (Å²) in [4.78, 5) is 77.1. The van der Waals surface area contributed by atoms with Crippen LogP contribution in [0.1, 0.15) is 70.6 Å². The molecule has 2 fully saturated rings. The number of hydrogen-bond acceptors (Lipinski definition) is 10. The molecule has 2 saturated carbocycles. The summed E-state index contributed by atoms with van der Waals surface area (Å²) in [5, 5.41) is 57.9. The summed E-state index contributed by atoms with van der Waals surface area (Å²) in [6.07, 6.45) is 5.69. The molecule has 16 nitrogen and oxygen atoms in total. The third-order valence-electron chi connectivity index (χ3n) is 9.28. The Balaban J connectivity index is 2.49. The topological polar surface area (TPSA) is 237 Å². The predicted octanol–water partition coefficient (Wildman–Crippen LogP) is 1.08. The van der Waals surface area contributed by atoms with Crippen LogP contribution in [0.5, 0.6) is 0 Å².